The monoisotopic (exact) mass is 229 g/mol. The number of hydrogen-bond donors (Lipinski definition) is 2. The van der Waals surface area contributed by atoms with Crippen LogP contribution in [0.2, 0.25) is 0 Å². The predicted octanol–water partition coefficient (Wildman–Crippen LogP) is -0.0310. The standard InChI is InChI=1S/C11H23N3O2/c1-5-12-10(15)8-14(4)11(16)6-7-13-9(2)3/h9,13H,5-8H2,1-4H3,(H,12,15). The van der Waals surface area contributed by atoms with Crippen molar-refractivity contribution in [3.8, 4) is 0 Å². The van der Waals surface area contributed by atoms with Gasteiger partial charge in [0.25, 0.3) is 0 Å². The summed E-state index contributed by atoms with van der Waals surface area (Å²) in [5.41, 5.74) is 0. The molecule has 0 saturated heterocycles. The van der Waals surface area contributed by atoms with Gasteiger partial charge < -0.3 is 15.5 Å². The zero-order chi connectivity index (χ0) is 12.6. The van der Waals surface area contributed by atoms with Crippen molar-refractivity contribution in [3.63, 3.8) is 0 Å². The van der Waals surface area contributed by atoms with Gasteiger partial charge in [0.2, 0.25) is 11.8 Å². The molecule has 0 aromatic heterocycles. The molecule has 0 aromatic rings. The van der Waals surface area contributed by atoms with E-state index >= 15 is 0 Å². The van der Waals surface area contributed by atoms with E-state index in [0.717, 1.165) is 0 Å². The average Bonchev–Trinajstić information content (AvgIpc) is 2.17. The molecule has 0 aliphatic carbocycles. The zero-order valence-corrected chi connectivity index (χ0v) is 10.7. The van der Waals surface area contributed by atoms with E-state index in [1.165, 1.54) is 4.90 Å². The predicted molar refractivity (Wildman–Crippen MR) is 64.1 cm³/mol. The molecule has 2 N–H and O–H groups in total. The molecule has 0 bridgehead atoms. The van der Waals surface area contributed by atoms with Crippen molar-refractivity contribution in [1.82, 2.24) is 15.5 Å². The highest BCUT2D eigenvalue weighted by atomic mass is 16.2. The lowest BCUT2D eigenvalue weighted by Crippen LogP contribution is -2.39. The molecule has 0 aromatic carbocycles. The Morgan fingerprint density at radius 3 is 2.44 bits per heavy atom. The van der Waals surface area contributed by atoms with Gasteiger partial charge in [-0.2, -0.15) is 0 Å². The first-order chi connectivity index (χ1) is 7.47. The number of hydrogen-bond acceptors (Lipinski definition) is 3. The van der Waals surface area contributed by atoms with E-state index in [4.69, 9.17) is 0 Å². The van der Waals surface area contributed by atoms with E-state index in [-0.39, 0.29) is 18.4 Å². The van der Waals surface area contributed by atoms with Crippen LogP contribution in [0.4, 0.5) is 0 Å². The van der Waals surface area contributed by atoms with E-state index in [2.05, 4.69) is 10.6 Å². The SMILES string of the molecule is CCNC(=O)CN(C)C(=O)CCNC(C)C. The molecule has 0 atom stereocenters. The molecular weight excluding hydrogens is 206 g/mol. The fourth-order valence-corrected chi connectivity index (χ4v) is 1.22. The van der Waals surface area contributed by atoms with Crippen molar-refractivity contribution >= 4 is 11.8 Å². The first-order valence-electron chi connectivity index (χ1n) is 5.71. The molecule has 0 saturated carbocycles. The van der Waals surface area contributed by atoms with Gasteiger partial charge >= 0.3 is 0 Å². The number of likely N-dealkylation sites (N-methyl/N-ethyl adjacent to an activating group) is 2. The molecular formula is C11H23N3O2. The van der Waals surface area contributed by atoms with Crippen LogP contribution in [0.15, 0.2) is 0 Å². The third-order valence-electron chi connectivity index (χ3n) is 2.07. The fourth-order valence-electron chi connectivity index (χ4n) is 1.22. The summed E-state index contributed by atoms with van der Waals surface area (Å²) in [7, 11) is 1.65. The Bertz CT molecular complexity index is 229. The van der Waals surface area contributed by atoms with Crippen LogP contribution in [0, 0.1) is 0 Å². The van der Waals surface area contributed by atoms with Crippen molar-refractivity contribution in [3.05, 3.63) is 0 Å². The summed E-state index contributed by atoms with van der Waals surface area (Å²) in [6.45, 7) is 7.29. The van der Waals surface area contributed by atoms with Gasteiger partial charge in [-0.15, -0.1) is 0 Å². The molecule has 16 heavy (non-hydrogen) atoms. The van der Waals surface area contributed by atoms with Gasteiger partial charge in [-0.1, -0.05) is 13.8 Å². The summed E-state index contributed by atoms with van der Waals surface area (Å²) in [6.07, 6.45) is 0.425. The third kappa shape index (κ3) is 7.23. The highest BCUT2D eigenvalue weighted by molar-refractivity contribution is 5.84. The molecule has 0 heterocycles. The average molecular weight is 229 g/mol. The van der Waals surface area contributed by atoms with Crippen LogP contribution in [0.1, 0.15) is 27.2 Å². The molecule has 0 radical (unpaired) electrons. The van der Waals surface area contributed by atoms with Crippen LogP contribution in [0.25, 0.3) is 0 Å². The maximum atomic E-state index is 11.6. The van der Waals surface area contributed by atoms with Gasteiger partial charge in [0.1, 0.15) is 0 Å². The minimum Gasteiger partial charge on any atom is -0.355 e. The van der Waals surface area contributed by atoms with Crippen LogP contribution in [0.5, 0.6) is 0 Å². The maximum Gasteiger partial charge on any atom is 0.239 e. The summed E-state index contributed by atoms with van der Waals surface area (Å²) < 4.78 is 0. The fraction of sp³-hybridized carbons (Fsp3) is 0.818. The second-order valence-electron chi connectivity index (χ2n) is 4.06. The van der Waals surface area contributed by atoms with E-state index in [1.54, 1.807) is 7.05 Å². The molecule has 5 heteroatoms. The topological polar surface area (TPSA) is 61.4 Å². The van der Waals surface area contributed by atoms with Crippen LogP contribution >= 0.6 is 0 Å². The van der Waals surface area contributed by atoms with Crippen LogP contribution < -0.4 is 10.6 Å². The van der Waals surface area contributed by atoms with E-state index in [1.807, 2.05) is 20.8 Å². The van der Waals surface area contributed by atoms with Crippen LogP contribution in [0.3, 0.4) is 0 Å². The normalized spacial score (nSPS) is 10.3. The Balaban J connectivity index is 3.77. The lowest BCUT2D eigenvalue weighted by atomic mass is 10.3. The Kier molecular flexibility index (Phi) is 7.54. The quantitative estimate of drug-likeness (QED) is 0.644. The van der Waals surface area contributed by atoms with Gasteiger partial charge in [-0.3, -0.25) is 9.59 Å². The number of carbonyl (C=O) groups is 2. The van der Waals surface area contributed by atoms with Crippen molar-refractivity contribution in [2.45, 2.75) is 33.2 Å². The summed E-state index contributed by atoms with van der Waals surface area (Å²) in [5.74, 6) is -0.130. The van der Waals surface area contributed by atoms with Crippen molar-refractivity contribution in [2.75, 3.05) is 26.7 Å². The Morgan fingerprint density at radius 1 is 1.31 bits per heavy atom. The first-order valence-corrected chi connectivity index (χ1v) is 5.71. The lowest BCUT2D eigenvalue weighted by Gasteiger charge is -2.17. The lowest BCUT2D eigenvalue weighted by molar-refractivity contribution is -0.134. The Morgan fingerprint density at radius 2 is 1.94 bits per heavy atom. The van der Waals surface area contributed by atoms with E-state index in [0.29, 0.717) is 25.6 Å². The number of amides is 2. The van der Waals surface area contributed by atoms with Crippen molar-refractivity contribution in [2.24, 2.45) is 0 Å². The molecule has 2 amide bonds. The van der Waals surface area contributed by atoms with Crippen molar-refractivity contribution in [1.29, 1.82) is 0 Å². The van der Waals surface area contributed by atoms with Gasteiger partial charge in [0, 0.05) is 32.6 Å². The number of nitrogens with zero attached hydrogens (tertiary/aromatic N) is 1. The van der Waals surface area contributed by atoms with Gasteiger partial charge in [0.15, 0.2) is 0 Å². The minimum absolute atomic E-state index is 0.0144. The zero-order valence-electron chi connectivity index (χ0n) is 10.7. The molecule has 5 nitrogen and oxygen atoms in total. The number of rotatable bonds is 7. The highest BCUT2D eigenvalue weighted by Crippen LogP contribution is 1.90. The third-order valence-corrected chi connectivity index (χ3v) is 2.07. The molecule has 0 fully saturated rings. The van der Waals surface area contributed by atoms with Gasteiger partial charge in [-0.05, 0) is 6.92 Å². The molecule has 0 spiro atoms. The van der Waals surface area contributed by atoms with E-state index < -0.39 is 0 Å². The smallest absolute Gasteiger partial charge is 0.239 e. The summed E-state index contributed by atoms with van der Waals surface area (Å²) in [5, 5.41) is 5.82. The van der Waals surface area contributed by atoms with Gasteiger partial charge in [0.05, 0.1) is 6.54 Å². The van der Waals surface area contributed by atoms with Crippen LogP contribution in [-0.2, 0) is 9.59 Å². The van der Waals surface area contributed by atoms with Crippen molar-refractivity contribution < 1.29 is 9.59 Å². The molecule has 0 rings (SSSR count). The molecule has 0 unspecified atom stereocenters. The summed E-state index contributed by atoms with van der Waals surface area (Å²) >= 11 is 0. The maximum absolute atomic E-state index is 11.6. The summed E-state index contributed by atoms with van der Waals surface area (Å²) in [6, 6.07) is 0.376. The van der Waals surface area contributed by atoms with E-state index in [9.17, 15) is 9.59 Å². The molecule has 0 aliphatic rings. The first kappa shape index (κ1) is 14.9. The van der Waals surface area contributed by atoms with Gasteiger partial charge in [-0.25, -0.2) is 0 Å². The number of nitrogens with one attached hydrogen (secondary N) is 2. The van der Waals surface area contributed by atoms with Crippen LogP contribution in [-0.4, -0.2) is 49.4 Å². The Hall–Kier alpha value is -1.10. The molecule has 94 valence electrons. The molecule has 0 aliphatic heterocycles. The number of carbonyl (C=O) groups excluding carboxylic acids is 2. The summed E-state index contributed by atoms with van der Waals surface area (Å²) in [4.78, 5) is 24.2. The highest BCUT2D eigenvalue weighted by Gasteiger charge is 2.11. The Labute approximate surface area is 97.6 Å². The second kappa shape index (κ2) is 8.10. The minimum atomic E-state index is -0.116. The largest absolute Gasteiger partial charge is 0.355 e. The second-order valence-corrected chi connectivity index (χ2v) is 4.06.